The van der Waals surface area contributed by atoms with Gasteiger partial charge in [0.05, 0.1) is 0 Å². The van der Waals surface area contributed by atoms with E-state index in [0.717, 1.165) is 33.9 Å². The molecule has 0 aliphatic heterocycles. The minimum atomic E-state index is -3.97. The first-order chi connectivity index (χ1) is 14.4. The summed E-state index contributed by atoms with van der Waals surface area (Å²) in [6, 6.07) is 17.5. The van der Waals surface area contributed by atoms with Crippen LogP contribution in [0.5, 0.6) is 0 Å². The van der Waals surface area contributed by atoms with E-state index in [4.69, 9.17) is 17.0 Å². The second kappa shape index (κ2) is 9.09. The fraction of sp³-hybridized carbons (Fsp3) is 0.407. The van der Waals surface area contributed by atoms with Crippen molar-refractivity contribution in [1.29, 1.82) is 0 Å². The molecule has 0 amide bonds. The zero-order valence-electron chi connectivity index (χ0n) is 18.2. The Labute approximate surface area is 190 Å². The second-order valence-electron chi connectivity index (χ2n) is 9.29. The van der Waals surface area contributed by atoms with Crippen molar-refractivity contribution in [3.05, 3.63) is 82.9 Å². The Bertz CT molecular complexity index is 959. The first-order valence-corrected chi connectivity index (χ1v) is 22.8. The standard InChI is InChI=1S/C15H19.C10H9.C2H5.2ClH.Zr/c1-2-3-4-5-8-13-11-12-14-9-6-7-10-15(13)14;1-8-6-7-9-4-2-3-5-10(8)9;1-2;;;/h4,6-7,9-13H,2-3,5,8H2,1H3;2-8H,1H2;1H2,2H3;2*1H;/q;;;;;+2/p-2. The summed E-state index contributed by atoms with van der Waals surface area (Å²) in [6.45, 7) is 4.53. The fourth-order valence-electron chi connectivity index (χ4n) is 5.63. The van der Waals surface area contributed by atoms with Gasteiger partial charge in [-0.05, 0) is 0 Å². The van der Waals surface area contributed by atoms with Gasteiger partial charge in [-0.1, -0.05) is 0 Å². The Morgan fingerprint density at radius 2 is 1.37 bits per heavy atom. The molecule has 2 aliphatic carbocycles. The van der Waals surface area contributed by atoms with Crippen LogP contribution in [-0.2, 0) is 16.4 Å². The molecule has 2 aliphatic rings. The Morgan fingerprint density at radius 3 is 1.97 bits per heavy atom. The van der Waals surface area contributed by atoms with Crippen LogP contribution >= 0.6 is 17.0 Å². The summed E-state index contributed by atoms with van der Waals surface area (Å²) in [5.41, 5.74) is 5.59. The number of halogens is 2. The number of benzene rings is 2. The van der Waals surface area contributed by atoms with Crippen molar-refractivity contribution in [2.45, 2.75) is 63.2 Å². The molecule has 0 heterocycles. The molecule has 0 saturated heterocycles. The van der Waals surface area contributed by atoms with Gasteiger partial charge in [0, 0.05) is 0 Å². The quantitative estimate of drug-likeness (QED) is 0.309. The van der Waals surface area contributed by atoms with Gasteiger partial charge < -0.3 is 0 Å². The van der Waals surface area contributed by atoms with Crippen LogP contribution in [-0.4, -0.2) is 0 Å². The fourth-order valence-corrected chi connectivity index (χ4v) is 20.4. The number of hydrogen-bond acceptors (Lipinski definition) is 0. The number of allylic oxidation sites excluding steroid dienone is 2. The summed E-state index contributed by atoms with van der Waals surface area (Å²) in [5, 5.41) is 0. The zero-order valence-corrected chi connectivity index (χ0v) is 22.1. The predicted octanol–water partition coefficient (Wildman–Crippen LogP) is 9.83. The van der Waals surface area contributed by atoms with Crippen molar-refractivity contribution in [3.63, 3.8) is 0 Å². The molecule has 0 saturated carbocycles. The SMILES string of the molecule is CCC[CH](CCC1C=Cc2ccccc21)[Zr]([Cl])([Cl])([CH2]C)[CH2]C1C=Cc2ccccc21. The third-order valence-electron chi connectivity index (χ3n) is 7.51. The van der Waals surface area contributed by atoms with Gasteiger partial charge in [-0.15, -0.1) is 0 Å². The summed E-state index contributed by atoms with van der Waals surface area (Å²) in [7, 11) is 15.4. The van der Waals surface area contributed by atoms with Gasteiger partial charge in [0.25, 0.3) is 0 Å². The van der Waals surface area contributed by atoms with Gasteiger partial charge in [0.15, 0.2) is 0 Å². The topological polar surface area (TPSA) is 0 Å². The summed E-state index contributed by atoms with van der Waals surface area (Å²) in [5.74, 6) is 0.894. The van der Waals surface area contributed by atoms with Crippen LogP contribution in [0.25, 0.3) is 12.2 Å². The summed E-state index contributed by atoms with van der Waals surface area (Å²) in [4.78, 5) is 0. The number of hydrogen-bond donors (Lipinski definition) is 0. The molecule has 0 spiro atoms. The molecular weight excluding hydrogens is 486 g/mol. The molecule has 0 N–H and O–H groups in total. The molecule has 4 rings (SSSR count). The molecule has 3 atom stereocenters. The Hall–Kier alpha value is -0.617. The van der Waals surface area contributed by atoms with Gasteiger partial charge in [-0.3, -0.25) is 0 Å². The van der Waals surface area contributed by atoms with Crippen LogP contribution in [0.2, 0.25) is 11.9 Å². The van der Waals surface area contributed by atoms with E-state index in [9.17, 15) is 0 Å². The summed E-state index contributed by atoms with van der Waals surface area (Å²) >= 11 is -3.97. The molecule has 0 radical (unpaired) electrons. The first-order valence-electron chi connectivity index (χ1n) is 11.6. The van der Waals surface area contributed by atoms with Gasteiger partial charge in [-0.25, -0.2) is 0 Å². The molecular formula is C27H33Cl2Zr. The van der Waals surface area contributed by atoms with Crippen molar-refractivity contribution in [2.75, 3.05) is 0 Å². The Kier molecular flexibility index (Phi) is 6.84. The summed E-state index contributed by atoms with van der Waals surface area (Å²) < 4.78 is 2.43. The van der Waals surface area contributed by atoms with E-state index in [-0.39, 0.29) is 0 Å². The van der Waals surface area contributed by atoms with E-state index in [2.05, 4.69) is 86.7 Å². The van der Waals surface area contributed by atoms with Gasteiger partial charge in [-0.2, -0.15) is 0 Å². The molecule has 3 heteroatoms. The van der Waals surface area contributed by atoms with Crippen LogP contribution in [0.15, 0.2) is 60.7 Å². The van der Waals surface area contributed by atoms with Crippen LogP contribution < -0.4 is 0 Å². The van der Waals surface area contributed by atoms with Crippen LogP contribution in [0.1, 0.15) is 73.6 Å². The van der Waals surface area contributed by atoms with E-state index in [0.29, 0.717) is 15.5 Å². The van der Waals surface area contributed by atoms with E-state index in [1.807, 2.05) is 0 Å². The maximum atomic E-state index is 7.68. The predicted molar refractivity (Wildman–Crippen MR) is 131 cm³/mol. The number of rotatable bonds is 9. The molecule has 2 aromatic carbocycles. The number of fused-ring (bicyclic) bond motifs is 2. The average molecular weight is 520 g/mol. The van der Waals surface area contributed by atoms with Crippen LogP contribution in [0.3, 0.4) is 0 Å². The van der Waals surface area contributed by atoms with Crippen LogP contribution in [0, 0.1) is 0 Å². The normalized spacial score (nSPS) is 21.8. The van der Waals surface area contributed by atoms with Crippen LogP contribution in [0.4, 0.5) is 0 Å². The molecule has 159 valence electrons. The van der Waals surface area contributed by atoms with Crippen molar-refractivity contribution < 1.29 is 16.4 Å². The average Bonchev–Trinajstić information content (AvgIpc) is 3.35. The summed E-state index contributed by atoms with van der Waals surface area (Å²) in [6.07, 6.45) is 13.9. The van der Waals surface area contributed by atoms with Crippen molar-refractivity contribution >= 4 is 29.2 Å². The molecule has 0 nitrogen and oxygen atoms in total. The van der Waals surface area contributed by atoms with Gasteiger partial charge >= 0.3 is 192 Å². The Morgan fingerprint density at radius 1 is 0.800 bits per heavy atom. The molecule has 0 aromatic heterocycles. The molecule has 30 heavy (non-hydrogen) atoms. The van der Waals surface area contributed by atoms with E-state index < -0.39 is 16.4 Å². The monoisotopic (exact) mass is 517 g/mol. The van der Waals surface area contributed by atoms with Crippen molar-refractivity contribution in [2.24, 2.45) is 0 Å². The maximum absolute atomic E-state index is 7.68. The zero-order chi connectivity index (χ0) is 21.2. The first kappa shape index (κ1) is 22.6. The second-order valence-corrected chi connectivity index (χ2v) is 33.6. The Balaban J connectivity index is 1.53. The van der Waals surface area contributed by atoms with Crippen molar-refractivity contribution in [1.82, 2.24) is 0 Å². The van der Waals surface area contributed by atoms with E-state index in [1.165, 1.54) is 22.3 Å². The molecule has 0 bridgehead atoms. The van der Waals surface area contributed by atoms with Crippen molar-refractivity contribution in [3.8, 4) is 0 Å². The van der Waals surface area contributed by atoms with Gasteiger partial charge in [0.2, 0.25) is 0 Å². The third-order valence-corrected chi connectivity index (χ3v) is 28.6. The van der Waals surface area contributed by atoms with E-state index >= 15 is 0 Å². The molecule has 0 fully saturated rings. The van der Waals surface area contributed by atoms with E-state index in [1.54, 1.807) is 0 Å². The third kappa shape index (κ3) is 4.46. The minimum absolute atomic E-state index is 0.383. The van der Waals surface area contributed by atoms with Gasteiger partial charge in [0.1, 0.15) is 0 Å². The molecule has 2 aromatic rings. The molecule has 3 unspecified atom stereocenters.